The molecule has 2 N–H and O–H groups in total. The second-order valence-corrected chi connectivity index (χ2v) is 10.7. The van der Waals surface area contributed by atoms with Crippen molar-refractivity contribution in [1.82, 2.24) is 15.3 Å². The molecule has 31 heavy (non-hydrogen) atoms. The molecule has 2 heterocycles. The number of hydrogen-bond donors (Lipinski definition) is 2. The van der Waals surface area contributed by atoms with E-state index in [4.69, 9.17) is 4.98 Å². The van der Waals surface area contributed by atoms with Gasteiger partial charge in [-0.3, -0.25) is 9.59 Å². The van der Waals surface area contributed by atoms with Crippen molar-refractivity contribution in [2.75, 3.05) is 6.54 Å². The Kier molecular flexibility index (Phi) is 6.28. The molecule has 6 heteroatoms. The van der Waals surface area contributed by atoms with Crippen molar-refractivity contribution < 1.29 is 4.79 Å². The third-order valence-corrected chi connectivity index (χ3v) is 7.51. The van der Waals surface area contributed by atoms with Crippen LogP contribution in [0, 0.1) is 11.3 Å². The molecule has 2 aromatic heterocycles. The molecule has 0 saturated heterocycles. The minimum absolute atomic E-state index is 0.0165. The maximum atomic E-state index is 12.8. The highest BCUT2D eigenvalue weighted by atomic mass is 32.1. The fraction of sp³-hybridized carbons (Fsp3) is 0.480. The molecule has 164 valence electrons. The van der Waals surface area contributed by atoms with E-state index in [0.717, 1.165) is 35.9 Å². The van der Waals surface area contributed by atoms with Crippen LogP contribution in [0.15, 0.2) is 35.1 Å². The summed E-state index contributed by atoms with van der Waals surface area (Å²) in [5.74, 6) is 1.21. The summed E-state index contributed by atoms with van der Waals surface area (Å²) in [6.07, 6.45) is 4.66. The molecule has 1 aliphatic rings. The van der Waals surface area contributed by atoms with Gasteiger partial charge in [0.15, 0.2) is 0 Å². The number of carbonyl (C=O) groups is 1. The number of H-pyrrole nitrogens is 1. The Morgan fingerprint density at radius 2 is 2.00 bits per heavy atom. The second-order valence-electron chi connectivity index (χ2n) is 9.59. The third-order valence-electron chi connectivity index (χ3n) is 6.36. The van der Waals surface area contributed by atoms with Gasteiger partial charge in [0.25, 0.3) is 5.56 Å². The average Bonchev–Trinajstić information content (AvgIpc) is 3.10. The maximum absolute atomic E-state index is 12.8. The summed E-state index contributed by atoms with van der Waals surface area (Å²) >= 11 is 1.66. The summed E-state index contributed by atoms with van der Waals surface area (Å²) in [5.41, 5.74) is 2.61. The van der Waals surface area contributed by atoms with Crippen molar-refractivity contribution in [3.63, 3.8) is 0 Å². The molecule has 0 fully saturated rings. The van der Waals surface area contributed by atoms with Gasteiger partial charge < -0.3 is 10.3 Å². The second kappa shape index (κ2) is 8.95. The Hall–Kier alpha value is -2.47. The summed E-state index contributed by atoms with van der Waals surface area (Å²) in [7, 11) is 0. The smallest absolute Gasteiger partial charge is 0.259 e. The Labute approximate surface area is 187 Å². The number of nitrogens with one attached hydrogen (secondary N) is 2. The standard InChI is InChI=1S/C25H31N3O2S/c1-25(2,3)17-9-10-18-19(15-17)31-24-22(18)23(30)27-20(28-24)11-12-21(29)26-14-13-16-7-5-4-6-8-16/h4-8,17H,9-15H2,1-3H3,(H,26,29)(H,27,28,30)/t17-/m1/s1. The molecule has 1 aromatic carbocycles. The first-order valence-corrected chi connectivity index (χ1v) is 12.0. The molecule has 4 rings (SSSR count). The van der Waals surface area contributed by atoms with E-state index in [1.165, 1.54) is 16.0 Å². The highest BCUT2D eigenvalue weighted by Gasteiger charge is 2.31. The van der Waals surface area contributed by atoms with Crippen LogP contribution >= 0.6 is 11.3 Å². The van der Waals surface area contributed by atoms with Crippen LogP contribution in [-0.4, -0.2) is 22.4 Å². The van der Waals surface area contributed by atoms with Crippen LogP contribution in [-0.2, 0) is 30.5 Å². The van der Waals surface area contributed by atoms with Gasteiger partial charge in [-0.05, 0) is 48.1 Å². The molecule has 0 aliphatic heterocycles. The van der Waals surface area contributed by atoms with E-state index in [9.17, 15) is 9.59 Å². The van der Waals surface area contributed by atoms with E-state index in [0.29, 0.717) is 31.1 Å². The molecule has 1 aliphatic carbocycles. The quantitative estimate of drug-likeness (QED) is 0.599. The number of carbonyl (C=O) groups excluding carboxylic acids is 1. The molecule has 5 nitrogen and oxygen atoms in total. The first-order valence-electron chi connectivity index (χ1n) is 11.2. The predicted molar refractivity (Wildman–Crippen MR) is 127 cm³/mol. The van der Waals surface area contributed by atoms with Gasteiger partial charge in [0.05, 0.1) is 5.39 Å². The number of rotatable bonds is 6. The molecule has 0 unspecified atom stereocenters. The zero-order chi connectivity index (χ0) is 22.0. The number of nitrogens with zero attached hydrogens (tertiary/aromatic N) is 1. The number of aromatic amines is 1. The number of amides is 1. The van der Waals surface area contributed by atoms with Crippen LogP contribution in [0.5, 0.6) is 0 Å². The van der Waals surface area contributed by atoms with Gasteiger partial charge in [-0.25, -0.2) is 4.98 Å². The normalized spacial score (nSPS) is 16.3. The topological polar surface area (TPSA) is 74.8 Å². The number of aryl methyl sites for hydroxylation is 2. The van der Waals surface area contributed by atoms with Gasteiger partial charge in [0.2, 0.25) is 5.91 Å². The highest BCUT2D eigenvalue weighted by Crippen LogP contribution is 2.41. The summed E-state index contributed by atoms with van der Waals surface area (Å²) in [6.45, 7) is 7.50. The van der Waals surface area contributed by atoms with Crippen LogP contribution in [0.2, 0.25) is 0 Å². The maximum Gasteiger partial charge on any atom is 0.259 e. The van der Waals surface area contributed by atoms with Crippen molar-refractivity contribution in [1.29, 1.82) is 0 Å². The average molecular weight is 438 g/mol. The Balaban J connectivity index is 1.39. The number of benzene rings is 1. The number of fused-ring (bicyclic) bond motifs is 3. The predicted octanol–water partition coefficient (Wildman–Crippen LogP) is 4.43. The van der Waals surface area contributed by atoms with E-state index in [1.54, 1.807) is 11.3 Å². The molecule has 0 bridgehead atoms. The Morgan fingerprint density at radius 1 is 1.23 bits per heavy atom. The van der Waals surface area contributed by atoms with Gasteiger partial charge in [0, 0.05) is 24.3 Å². The van der Waals surface area contributed by atoms with Gasteiger partial charge >= 0.3 is 0 Å². The van der Waals surface area contributed by atoms with Crippen molar-refractivity contribution >= 4 is 27.5 Å². The zero-order valence-corrected chi connectivity index (χ0v) is 19.4. The number of thiophene rings is 1. The van der Waals surface area contributed by atoms with Crippen molar-refractivity contribution in [3.8, 4) is 0 Å². The molecular weight excluding hydrogens is 406 g/mol. The van der Waals surface area contributed by atoms with Crippen LogP contribution in [0.4, 0.5) is 0 Å². The van der Waals surface area contributed by atoms with Crippen LogP contribution in [0.25, 0.3) is 10.2 Å². The molecule has 1 amide bonds. The third kappa shape index (κ3) is 5.06. The fourth-order valence-electron chi connectivity index (χ4n) is 4.40. The van der Waals surface area contributed by atoms with Crippen molar-refractivity contribution in [2.45, 2.75) is 59.3 Å². The summed E-state index contributed by atoms with van der Waals surface area (Å²) < 4.78 is 0. The van der Waals surface area contributed by atoms with Crippen LogP contribution < -0.4 is 10.9 Å². The fourth-order valence-corrected chi connectivity index (χ4v) is 5.72. The largest absolute Gasteiger partial charge is 0.356 e. The van der Waals surface area contributed by atoms with Gasteiger partial charge in [0.1, 0.15) is 10.7 Å². The first-order chi connectivity index (χ1) is 14.8. The number of hydrogen-bond acceptors (Lipinski definition) is 4. The molecule has 0 radical (unpaired) electrons. The monoisotopic (exact) mass is 437 g/mol. The summed E-state index contributed by atoms with van der Waals surface area (Å²) in [5, 5.41) is 3.72. The Morgan fingerprint density at radius 3 is 2.74 bits per heavy atom. The Bertz CT molecular complexity index is 1130. The lowest BCUT2D eigenvalue weighted by Crippen LogP contribution is -2.27. The summed E-state index contributed by atoms with van der Waals surface area (Å²) in [4.78, 5) is 34.8. The molecular formula is C25H31N3O2S. The van der Waals surface area contributed by atoms with E-state index in [2.05, 4.69) is 43.2 Å². The van der Waals surface area contributed by atoms with E-state index >= 15 is 0 Å². The van der Waals surface area contributed by atoms with Gasteiger partial charge in [-0.1, -0.05) is 51.1 Å². The van der Waals surface area contributed by atoms with Gasteiger partial charge in [-0.15, -0.1) is 11.3 Å². The zero-order valence-electron chi connectivity index (χ0n) is 18.6. The minimum Gasteiger partial charge on any atom is -0.356 e. The minimum atomic E-state index is -0.0591. The van der Waals surface area contributed by atoms with Crippen LogP contribution in [0.3, 0.4) is 0 Å². The lowest BCUT2D eigenvalue weighted by atomic mass is 9.72. The highest BCUT2D eigenvalue weighted by molar-refractivity contribution is 7.18. The summed E-state index contributed by atoms with van der Waals surface area (Å²) in [6, 6.07) is 10.1. The molecule has 0 spiro atoms. The molecule has 0 saturated carbocycles. The lowest BCUT2D eigenvalue weighted by Gasteiger charge is -2.33. The first kappa shape index (κ1) is 21.8. The van der Waals surface area contributed by atoms with Crippen LogP contribution in [0.1, 0.15) is 55.4 Å². The van der Waals surface area contributed by atoms with Crippen molar-refractivity contribution in [2.24, 2.45) is 11.3 Å². The molecule has 3 aromatic rings. The number of aromatic nitrogens is 2. The van der Waals surface area contributed by atoms with E-state index in [-0.39, 0.29) is 16.9 Å². The lowest BCUT2D eigenvalue weighted by molar-refractivity contribution is -0.121. The van der Waals surface area contributed by atoms with E-state index < -0.39 is 0 Å². The van der Waals surface area contributed by atoms with Crippen molar-refractivity contribution in [3.05, 3.63) is 62.5 Å². The SMILES string of the molecule is CC(C)(C)[C@@H]1CCc2c(sc3nc(CCC(=O)NCCc4ccccc4)[nH]c(=O)c23)C1. The molecule has 1 atom stereocenters. The van der Waals surface area contributed by atoms with Gasteiger partial charge in [-0.2, -0.15) is 0 Å². The van der Waals surface area contributed by atoms with E-state index in [1.807, 2.05) is 18.2 Å².